The van der Waals surface area contributed by atoms with Gasteiger partial charge in [-0.1, -0.05) is 25.1 Å². The van der Waals surface area contributed by atoms with Crippen LogP contribution in [0.2, 0.25) is 0 Å². The summed E-state index contributed by atoms with van der Waals surface area (Å²) in [5, 5.41) is 22.7. The number of para-hydroxylation sites is 1. The normalized spacial score (nSPS) is 22.5. The van der Waals surface area contributed by atoms with Crippen LogP contribution in [0.4, 0.5) is 0 Å². The Morgan fingerprint density at radius 2 is 1.79 bits per heavy atom. The van der Waals surface area contributed by atoms with Gasteiger partial charge in [0.25, 0.3) is 5.56 Å². The molecule has 2 N–H and O–H groups in total. The summed E-state index contributed by atoms with van der Waals surface area (Å²) in [6.07, 6.45) is -0.0411. The lowest BCUT2D eigenvalue weighted by molar-refractivity contribution is -0.172. The molecular formula is C25H20N2O7. The van der Waals surface area contributed by atoms with Crippen molar-refractivity contribution >= 4 is 28.4 Å². The Hall–Kier alpha value is -3.69. The van der Waals surface area contributed by atoms with Crippen molar-refractivity contribution < 1.29 is 29.3 Å². The second-order valence-corrected chi connectivity index (χ2v) is 9.03. The Morgan fingerprint density at radius 1 is 1.06 bits per heavy atom. The fraction of sp³-hybridized carbons (Fsp3) is 0.320. The first-order chi connectivity index (χ1) is 16.2. The molecule has 1 saturated carbocycles. The van der Waals surface area contributed by atoms with E-state index in [1.54, 1.807) is 25.1 Å². The number of aromatic nitrogens is 2. The largest absolute Gasteiger partial charge is 0.458 e. The molecule has 0 bridgehead atoms. The van der Waals surface area contributed by atoms with Crippen molar-refractivity contribution in [3.05, 3.63) is 62.9 Å². The zero-order valence-electron chi connectivity index (χ0n) is 18.3. The van der Waals surface area contributed by atoms with Gasteiger partial charge in [-0.2, -0.15) is 0 Å². The van der Waals surface area contributed by atoms with Crippen LogP contribution in [0.15, 0.2) is 35.1 Å². The molecule has 1 fully saturated rings. The number of ether oxygens (including phenoxy) is 1. The Morgan fingerprint density at radius 3 is 2.50 bits per heavy atom. The van der Waals surface area contributed by atoms with Gasteiger partial charge in [0.2, 0.25) is 5.60 Å². The number of esters is 1. The number of ketones is 2. The molecule has 9 nitrogen and oxygen atoms in total. The SMILES string of the molecule is CC[C@@]1(O)C(=O)OCc2c1cc1n(c2=O)Cc2cc3cccc(C4(O)C(=O)CCC4=O)c3nc2-1. The van der Waals surface area contributed by atoms with Gasteiger partial charge in [0.1, 0.15) is 6.61 Å². The van der Waals surface area contributed by atoms with E-state index >= 15 is 0 Å². The van der Waals surface area contributed by atoms with Crippen LogP contribution in [0.1, 0.15) is 48.4 Å². The molecule has 4 heterocycles. The summed E-state index contributed by atoms with van der Waals surface area (Å²) >= 11 is 0. The summed E-state index contributed by atoms with van der Waals surface area (Å²) in [5.41, 5.74) is -2.17. The van der Waals surface area contributed by atoms with Crippen LogP contribution in [0, 0.1) is 0 Å². The summed E-state index contributed by atoms with van der Waals surface area (Å²) < 4.78 is 6.59. The van der Waals surface area contributed by atoms with Gasteiger partial charge in [-0.15, -0.1) is 0 Å². The maximum absolute atomic E-state index is 13.3. The molecule has 9 heteroatoms. The van der Waals surface area contributed by atoms with Gasteiger partial charge in [0, 0.05) is 34.9 Å². The third-order valence-electron chi connectivity index (χ3n) is 7.31. The molecule has 172 valence electrons. The molecular weight excluding hydrogens is 440 g/mol. The van der Waals surface area contributed by atoms with E-state index in [0.29, 0.717) is 16.8 Å². The highest BCUT2D eigenvalue weighted by Gasteiger charge is 2.50. The number of carbonyl (C=O) groups excluding carboxylic acids is 3. The summed E-state index contributed by atoms with van der Waals surface area (Å²) in [4.78, 5) is 55.4. The zero-order chi connectivity index (χ0) is 24.0. The molecule has 0 unspecified atom stereocenters. The van der Waals surface area contributed by atoms with Gasteiger partial charge in [0.05, 0.1) is 29.0 Å². The first kappa shape index (κ1) is 20.9. The van der Waals surface area contributed by atoms with Crippen molar-refractivity contribution in [2.24, 2.45) is 0 Å². The molecule has 3 aromatic rings. The first-order valence-corrected chi connectivity index (χ1v) is 11.1. The number of rotatable bonds is 2. The smallest absolute Gasteiger partial charge is 0.343 e. The Balaban J connectivity index is 1.62. The molecule has 0 radical (unpaired) electrons. The topological polar surface area (TPSA) is 136 Å². The highest BCUT2D eigenvalue weighted by Crippen LogP contribution is 2.41. The quantitative estimate of drug-likeness (QED) is 0.336. The number of pyridine rings is 2. The molecule has 0 amide bonds. The lowest BCUT2D eigenvalue weighted by Crippen LogP contribution is -2.44. The molecule has 3 aliphatic rings. The van der Waals surface area contributed by atoms with E-state index < -0.39 is 28.7 Å². The molecule has 0 saturated heterocycles. The summed E-state index contributed by atoms with van der Waals surface area (Å²) in [5.74, 6) is -1.94. The number of cyclic esters (lactones) is 1. The number of carbonyl (C=O) groups is 3. The van der Waals surface area contributed by atoms with Gasteiger partial charge in [-0.25, -0.2) is 9.78 Å². The lowest BCUT2D eigenvalue weighted by Gasteiger charge is -2.31. The van der Waals surface area contributed by atoms with E-state index in [2.05, 4.69) is 0 Å². The van der Waals surface area contributed by atoms with E-state index in [-0.39, 0.29) is 60.2 Å². The van der Waals surface area contributed by atoms with Crippen LogP contribution in [0.5, 0.6) is 0 Å². The number of hydrogen-bond acceptors (Lipinski definition) is 8. The molecule has 1 aromatic carbocycles. The van der Waals surface area contributed by atoms with Crippen molar-refractivity contribution in [2.75, 3.05) is 0 Å². The van der Waals surface area contributed by atoms with Crippen LogP contribution in [0.25, 0.3) is 22.3 Å². The molecule has 34 heavy (non-hydrogen) atoms. The fourth-order valence-electron chi connectivity index (χ4n) is 5.34. The standard InChI is InChI=1S/C25H20N2O7/c1-2-24(32)16-9-17-21-13(10-27(17)22(30)14(16)11-34-23(24)31)8-12-4-3-5-15(20(12)26-21)25(33)18(28)6-7-19(25)29/h3-5,8-9,32-33H,2,6-7,10-11H2,1H3/t24-/m0/s1. The van der Waals surface area contributed by atoms with Crippen molar-refractivity contribution in [2.45, 2.75) is 50.5 Å². The second-order valence-electron chi connectivity index (χ2n) is 9.03. The number of benzene rings is 1. The Bertz CT molecular complexity index is 1520. The number of fused-ring (bicyclic) bond motifs is 5. The van der Waals surface area contributed by atoms with Gasteiger partial charge >= 0.3 is 5.97 Å². The fourth-order valence-corrected chi connectivity index (χ4v) is 5.34. The number of hydrogen-bond donors (Lipinski definition) is 2. The van der Waals surface area contributed by atoms with Gasteiger partial charge in [0.15, 0.2) is 17.2 Å². The van der Waals surface area contributed by atoms with Crippen molar-refractivity contribution in [3.8, 4) is 11.4 Å². The lowest BCUT2D eigenvalue weighted by atomic mass is 9.86. The van der Waals surface area contributed by atoms with Gasteiger partial charge in [-0.3, -0.25) is 14.4 Å². The minimum Gasteiger partial charge on any atom is -0.458 e. The molecule has 1 atom stereocenters. The maximum atomic E-state index is 13.3. The Kier molecular flexibility index (Phi) is 4.10. The summed E-state index contributed by atoms with van der Waals surface area (Å²) in [6, 6.07) is 8.34. The van der Waals surface area contributed by atoms with Crippen molar-refractivity contribution in [3.63, 3.8) is 0 Å². The highest BCUT2D eigenvalue weighted by molar-refractivity contribution is 6.17. The first-order valence-electron chi connectivity index (χ1n) is 11.1. The molecule has 2 aromatic heterocycles. The molecule has 2 aliphatic heterocycles. The highest BCUT2D eigenvalue weighted by atomic mass is 16.6. The summed E-state index contributed by atoms with van der Waals surface area (Å²) in [6.45, 7) is 1.64. The van der Waals surface area contributed by atoms with Crippen molar-refractivity contribution in [1.82, 2.24) is 9.55 Å². The van der Waals surface area contributed by atoms with E-state index in [0.717, 1.165) is 5.56 Å². The van der Waals surface area contributed by atoms with Crippen LogP contribution < -0.4 is 5.56 Å². The average molecular weight is 460 g/mol. The third kappa shape index (κ3) is 2.43. The zero-order valence-corrected chi connectivity index (χ0v) is 18.3. The molecule has 0 spiro atoms. The predicted molar refractivity (Wildman–Crippen MR) is 118 cm³/mol. The Labute approximate surface area is 192 Å². The van der Waals surface area contributed by atoms with Gasteiger partial charge in [-0.05, 0) is 18.6 Å². The number of aliphatic hydroxyl groups is 2. The minimum atomic E-state index is -2.25. The van der Waals surface area contributed by atoms with E-state index in [1.165, 1.54) is 10.6 Å². The van der Waals surface area contributed by atoms with Crippen molar-refractivity contribution in [1.29, 1.82) is 0 Å². The maximum Gasteiger partial charge on any atom is 0.343 e. The van der Waals surface area contributed by atoms with E-state index in [1.807, 2.05) is 6.07 Å². The molecule has 1 aliphatic carbocycles. The average Bonchev–Trinajstić information content (AvgIpc) is 3.32. The monoisotopic (exact) mass is 460 g/mol. The number of Topliss-reactive ketones (excluding diaryl/α,β-unsaturated/α-hetero) is 2. The van der Waals surface area contributed by atoms with Gasteiger partial charge < -0.3 is 19.5 Å². The third-order valence-corrected chi connectivity index (χ3v) is 7.31. The number of nitrogens with zero attached hydrogens (tertiary/aromatic N) is 2. The molecule has 6 rings (SSSR count). The van der Waals surface area contributed by atoms with E-state index in [4.69, 9.17) is 9.72 Å². The van der Waals surface area contributed by atoms with Crippen LogP contribution in [0.3, 0.4) is 0 Å². The van der Waals surface area contributed by atoms with Crippen LogP contribution in [-0.4, -0.2) is 37.3 Å². The summed E-state index contributed by atoms with van der Waals surface area (Å²) in [7, 11) is 0. The van der Waals surface area contributed by atoms with E-state index in [9.17, 15) is 29.4 Å². The predicted octanol–water partition coefficient (Wildman–Crippen LogP) is 1.20. The van der Waals surface area contributed by atoms with Crippen LogP contribution >= 0.6 is 0 Å². The minimum absolute atomic E-state index is 0.0289. The second kappa shape index (κ2) is 6.68. The van der Waals surface area contributed by atoms with Crippen LogP contribution in [-0.2, 0) is 43.5 Å².